The van der Waals surface area contributed by atoms with Crippen LogP contribution >= 0.6 is 23.2 Å². The van der Waals surface area contributed by atoms with Crippen molar-refractivity contribution >= 4 is 51.5 Å². The molecule has 0 aliphatic carbocycles. The van der Waals surface area contributed by atoms with Crippen molar-refractivity contribution in [2.45, 2.75) is 0 Å². The summed E-state index contributed by atoms with van der Waals surface area (Å²) in [5.74, 6) is 0.609. The Balaban J connectivity index is 1.73. The number of carbonyl (C=O) groups excluding carboxylic acids is 1. The second-order valence-electron chi connectivity index (χ2n) is 6.40. The number of fused-ring (bicyclic) bond motifs is 1. The molecule has 0 atom stereocenters. The molecule has 0 saturated carbocycles. The molecular formula is C19H18Cl2N4O2. The Kier molecular flexibility index (Phi) is 4.95. The van der Waals surface area contributed by atoms with Gasteiger partial charge in [0, 0.05) is 53.6 Å². The molecule has 4 rings (SSSR count). The lowest BCUT2D eigenvalue weighted by molar-refractivity contribution is 0.0303. The van der Waals surface area contributed by atoms with Gasteiger partial charge < -0.3 is 19.5 Å². The number of nitrogens with one attached hydrogen (secondary N) is 1. The van der Waals surface area contributed by atoms with Gasteiger partial charge in [-0.25, -0.2) is 4.98 Å². The molecule has 0 radical (unpaired) electrons. The zero-order chi connectivity index (χ0) is 19.0. The van der Waals surface area contributed by atoms with Gasteiger partial charge in [-0.15, -0.1) is 0 Å². The normalized spacial score (nSPS) is 14.6. The summed E-state index contributed by atoms with van der Waals surface area (Å²) in [5, 5.41) is 5.17. The first-order valence-electron chi connectivity index (χ1n) is 8.57. The van der Waals surface area contributed by atoms with Gasteiger partial charge in [0.15, 0.2) is 0 Å². The summed E-state index contributed by atoms with van der Waals surface area (Å²) in [6, 6.07) is 7.16. The van der Waals surface area contributed by atoms with Crippen LogP contribution in [0.1, 0.15) is 10.4 Å². The summed E-state index contributed by atoms with van der Waals surface area (Å²) in [6.07, 6.45) is 3.53. The highest BCUT2D eigenvalue weighted by Gasteiger charge is 2.23. The van der Waals surface area contributed by atoms with Crippen LogP contribution in [0.15, 0.2) is 36.7 Å². The first kappa shape index (κ1) is 18.1. The second kappa shape index (κ2) is 7.38. The quantitative estimate of drug-likeness (QED) is 0.713. The lowest BCUT2D eigenvalue weighted by Gasteiger charge is -2.27. The Morgan fingerprint density at radius 2 is 1.89 bits per heavy atom. The molecule has 2 aromatic heterocycles. The fourth-order valence-electron chi connectivity index (χ4n) is 3.27. The van der Waals surface area contributed by atoms with Gasteiger partial charge in [-0.3, -0.25) is 4.79 Å². The summed E-state index contributed by atoms with van der Waals surface area (Å²) in [5.41, 5.74) is 2.14. The Bertz CT molecular complexity index is 992. The first-order chi connectivity index (χ1) is 13.0. The van der Waals surface area contributed by atoms with E-state index >= 15 is 0 Å². The van der Waals surface area contributed by atoms with Crippen molar-refractivity contribution in [1.29, 1.82) is 0 Å². The number of nitrogens with zero attached hydrogens (tertiary/aromatic N) is 3. The topological polar surface area (TPSA) is 59.4 Å². The van der Waals surface area contributed by atoms with Crippen molar-refractivity contribution in [3.8, 4) is 0 Å². The lowest BCUT2D eigenvalue weighted by atomic mass is 10.1. The van der Waals surface area contributed by atoms with Crippen LogP contribution in [0.2, 0.25) is 10.0 Å². The first-order valence-corrected chi connectivity index (χ1v) is 9.32. The molecule has 1 N–H and O–H groups in total. The molecule has 27 heavy (non-hydrogen) atoms. The highest BCUT2D eigenvalue weighted by molar-refractivity contribution is 6.35. The van der Waals surface area contributed by atoms with Gasteiger partial charge in [-0.05, 0) is 24.3 Å². The molecule has 3 heterocycles. The van der Waals surface area contributed by atoms with Crippen LogP contribution in [0.25, 0.3) is 10.9 Å². The summed E-state index contributed by atoms with van der Waals surface area (Å²) >= 11 is 12.2. The zero-order valence-corrected chi connectivity index (χ0v) is 16.2. The number of rotatable bonds is 3. The monoisotopic (exact) mass is 404 g/mol. The number of hydrogen-bond donors (Lipinski definition) is 1. The van der Waals surface area contributed by atoms with Crippen LogP contribution in [0.5, 0.6) is 0 Å². The van der Waals surface area contributed by atoms with Crippen molar-refractivity contribution in [2.75, 3.05) is 31.6 Å². The number of ether oxygens (including phenoxy) is 1. The summed E-state index contributed by atoms with van der Waals surface area (Å²) in [4.78, 5) is 19.3. The summed E-state index contributed by atoms with van der Waals surface area (Å²) in [7, 11) is 1.92. The van der Waals surface area contributed by atoms with Gasteiger partial charge >= 0.3 is 0 Å². The molecule has 0 spiro atoms. The predicted molar refractivity (Wildman–Crippen MR) is 107 cm³/mol. The molecule has 3 aromatic rings. The van der Waals surface area contributed by atoms with Crippen LogP contribution in [0.3, 0.4) is 0 Å². The highest BCUT2D eigenvalue weighted by Crippen LogP contribution is 2.30. The van der Waals surface area contributed by atoms with Crippen molar-refractivity contribution in [1.82, 2.24) is 14.5 Å². The summed E-state index contributed by atoms with van der Waals surface area (Å²) < 4.78 is 7.27. The zero-order valence-electron chi connectivity index (χ0n) is 14.7. The van der Waals surface area contributed by atoms with Crippen LogP contribution in [-0.2, 0) is 11.8 Å². The van der Waals surface area contributed by atoms with E-state index in [1.807, 2.05) is 23.9 Å². The molecule has 1 aliphatic heterocycles. The predicted octanol–water partition coefficient (Wildman–Crippen LogP) is 4.10. The minimum absolute atomic E-state index is 0.0325. The van der Waals surface area contributed by atoms with Gasteiger partial charge in [-0.1, -0.05) is 23.2 Å². The van der Waals surface area contributed by atoms with E-state index in [1.165, 1.54) is 0 Å². The van der Waals surface area contributed by atoms with Gasteiger partial charge in [0.25, 0.3) is 5.91 Å². The van der Waals surface area contributed by atoms with Crippen LogP contribution in [0.4, 0.5) is 11.5 Å². The number of hydrogen-bond acceptors (Lipinski definition) is 4. The molecular weight excluding hydrogens is 387 g/mol. The largest absolute Gasteiger partial charge is 0.378 e. The van der Waals surface area contributed by atoms with Crippen molar-refractivity contribution < 1.29 is 9.53 Å². The third-order valence-electron chi connectivity index (χ3n) is 4.56. The molecule has 1 aliphatic rings. The number of carbonyl (C=O) groups is 1. The maximum atomic E-state index is 13.0. The number of pyridine rings is 1. The van der Waals surface area contributed by atoms with E-state index < -0.39 is 0 Å². The molecule has 140 valence electrons. The van der Waals surface area contributed by atoms with E-state index in [0.717, 1.165) is 16.6 Å². The minimum atomic E-state index is -0.0325. The van der Waals surface area contributed by atoms with E-state index in [0.29, 0.717) is 47.7 Å². The van der Waals surface area contributed by atoms with E-state index in [9.17, 15) is 4.79 Å². The lowest BCUT2D eigenvalue weighted by Crippen LogP contribution is -2.40. The number of amides is 1. The Morgan fingerprint density at radius 1 is 1.19 bits per heavy atom. The van der Waals surface area contributed by atoms with Gasteiger partial charge in [0.1, 0.15) is 5.82 Å². The SMILES string of the molecule is Cn1ccc2c(Nc3cc(Cl)cc(Cl)c3)ncc(C(=O)N3CCOCC3)c21. The Morgan fingerprint density at radius 3 is 2.59 bits per heavy atom. The third kappa shape index (κ3) is 3.60. The fraction of sp³-hybridized carbons (Fsp3) is 0.263. The number of benzene rings is 1. The molecule has 1 fully saturated rings. The minimum Gasteiger partial charge on any atom is -0.378 e. The van der Waals surface area contributed by atoms with Crippen LogP contribution in [0, 0.1) is 0 Å². The van der Waals surface area contributed by atoms with E-state index in [1.54, 1.807) is 29.3 Å². The molecule has 1 saturated heterocycles. The highest BCUT2D eigenvalue weighted by atomic mass is 35.5. The molecule has 6 nitrogen and oxygen atoms in total. The average molecular weight is 405 g/mol. The number of anilines is 2. The molecule has 1 amide bonds. The fourth-order valence-corrected chi connectivity index (χ4v) is 3.80. The number of halogens is 2. The van der Waals surface area contributed by atoms with Crippen molar-refractivity contribution in [3.05, 3.63) is 52.3 Å². The average Bonchev–Trinajstić information content (AvgIpc) is 3.04. The molecule has 0 bridgehead atoms. The second-order valence-corrected chi connectivity index (χ2v) is 7.27. The van der Waals surface area contributed by atoms with Gasteiger partial charge in [0.05, 0.1) is 24.3 Å². The van der Waals surface area contributed by atoms with Gasteiger partial charge in [-0.2, -0.15) is 0 Å². The smallest absolute Gasteiger partial charge is 0.257 e. The number of aromatic nitrogens is 2. The summed E-state index contributed by atoms with van der Waals surface area (Å²) in [6.45, 7) is 2.30. The molecule has 8 heteroatoms. The van der Waals surface area contributed by atoms with Crippen molar-refractivity contribution in [3.63, 3.8) is 0 Å². The van der Waals surface area contributed by atoms with E-state index in [4.69, 9.17) is 27.9 Å². The van der Waals surface area contributed by atoms with Crippen LogP contribution in [-0.4, -0.2) is 46.7 Å². The number of aryl methyl sites for hydroxylation is 1. The Hall–Kier alpha value is -2.28. The molecule has 1 aromatic carbocycles. The third-order valence-corrected chi connectivity index (χ3v) is 5.00. The van der Waals surface area contributed by atoms with Gasteiger partial charge in [0.2, 0.25) is 0 Å². The standard InChI is InChI=1S/C19H18Cl2N4O2/c1-24-3-2-15-17(24)16(19(26)25-4-6-27-7-5-25)11-22-18(15)23-14-9-12(20)8-13(21)10-14/h2-3,8-11H,4-7H2,1H3,(H,22,23). The van der Waals surface area contributed by atoms with E-state index in [-0.39, 0.29) is 5.91 Å². The maximum absolute atomic E-state index is 13.0. The maximum Gasteiger partial charge on any atom is 0.257 e. The van der Waals surface area contributed by atoms with Crippen molar-refractivity contribution in [2.24, 2.45) is 7.05 Å². The number of morpholine rings is 1. The Labute approximate surface area is 166 Å². The van der Waals surface area contributed by atoms with Crippen LogP contribution < -0.4 is 5.32 Å². The van der Waals surface area contributed by atoms with E-state index in [2.05, 4.69) is 10.3 Å². The molecule has 0 unspecified atom stereocenters.